The van der Waals surface area contributed by atoms with Crippen molar-refractivity contribution >= 4 is 28.9 Å². The van der Waals surface area contributed by atoms with Crippen molar-refractivity contribution in [1.29, 1.82) is 0 Å². The Labute approximate surface area is 180 Å². The fourth-order valence-corrected chi connectivity index (χ4v) is 4.80. The van der Waals surface area contributed by atoms with Crippen molar-refractivity contribution in [2.24, 2.45) is 4.99 Å². The summed E-state index contributed by atoms with van der Waals surface area (Å²) in [6.07, 6.45) is 7.49. The lowest BCUT2D eigenvalue weighted by Gasteiger charge is -2.25. The van der Waals surface area contributed by atoms with E-state index in [9.17, 15) is 4.39 Å². The van der Waals surface area contributed by atoms with Gasteiger partial charge in [-0.05, 0) is 50.3 Å². The van der Waals surface area contributed by atoms with Crippen LogP contribution in [0.5, 0.6) is 0 Å². The summed E-state index contributed by atoms with van der Waals surface area (Å²) in [4.78, 5) is 12.5. The molecule has 2 aliphatic heterocycles. The number of ether oxygens (including phenoxy) is 1. The largest absolute Gasteiger partial charge is 0.391 e. The molecule has 1 atom stereocenters. The van der Waals surface area contributed by atoms with E-state index in [1.807, 2.05) is 13.0 Å². The number of fused-ring (bicyclic) bond motifs is 2. The van der Waals surface area contributed by atoms with Gasteiger partial charge in [0, 0.05) is 23.3 Å². The molecule has 8 heteroatoms. The molecule has 2 fully saturated rings. The van der Waals surface area contributed by atoms with Gasteiger partial charge in [-0.2, -0.15) is 0 Å². The van der Waals surface area contributed by atoms with Crippen molar-refractivity contribution < 1.29 is 14.2 Å². The van der Waals surface area contributed by atoms with Crippen molar-refractivity contribution in [1.82, 2.24) is 9.97 Å². The minimum Gasteiger partial charge on any atom is -0.391 e. The molecular weight excluding hydrogens is 407 g/mol. The molecule has 6 nitrogen and oxygen atoms in total. The van der Waals surface area contributed by atoms with Crippen LogP contribution in [0, 0.1) is 5.82 Å². The molecular formula is C22H26ClFN4O2. The lowest BCUT2D eigenvalue weighted by atomic mass is 9.76. The Morgan fingerprint density at radius 2 is 2.03 bits per heavy atom. The molecule has 30 heavy (non-hydrogen) atoms. The van der Waals surface area contributed by atoms with Gasteiger partial charge in [0.05, 0.1) is 29.6 Å². The summed E-state index contributed by atoms with van der Waals surface area (Å²) in [5.74, 6) is -0.220. The number of halogens is 2. The summed E-state index contributed by atoms with van der Waals surface area (Å²) in [7, 11) is 0. The maximum atomic E-state index is 14.7. The number of aliphatic hydroxyl groups excluding tert-OH is 1. The van der Waals surface area contributed by atoms with Crippen molar-refractivity contribution in [3.05, 3.63) is 34.7 Å². The topological polar surface area (TPSA) is 93.6 Å². The number of rotatable bonds is 1. The van der Waals surface area contributed by atoms with E-state index in [1.54, 1.807) is 0 Å². The number of benzene rings is 1. The highest BCUT2D eigenvalue weighted by molar-refractivity contribution is 6.32. The first kappa shape index (κ1) is 21.2. The number of hydrogen-bond donors (Lipinski definition) is 2. The van der Waals surface area contributed by atoms with Crippen LogP contribution in [0.3, 0.4) is 0 Å². The number of aromatic nitrogens is 2. The zero-order valence-corrected chi connectivity index (χ0v) is 17.8. The highest BCUT2D eigenvalue weighted by Crippen LogP contribution is 2.52. The molecule has 3 aliphatic rings. The van der Waals surface area contributed by atoms with Gasteiger partial charge in [0.15, 0.2) is 0 Å². The van der Waals surface area contributed by atoms with E-state index in [2.05, 4.69) is 15.0 Å². The molecule has 5 rings (SSSR count). The van der Waals surface area contributed by atoms with Gasteiger partial charge in [-0.3, -0.25) is 4.99 Å². The van der Waals surface area contributed by atoms with Crippen molar-refractivity contribution in [3.63, 3.8) is 0 Å². The minimum absolute atomic E-state index is 0.119. The van der Waals surface area contributed by atoms with Crippen LogP contribution in [-0.4, -0.2) is 40.1 Å². The van der Waals surface area contributed by atoms with Crippen LogP contribution in [-0.2, 0) is 10.2 Å². The smallest absolute Gasteiger partial charge is 0.220 e. The first-order chi connectivity index (χ1) is 14.4. The van der Waals surface area contributed by atoms with E-state index in [0.717, 1.165) is 56.4 Å². The van der Waals surface area contributed by atoms with E-state index in [0.29, 0.717) is 28.6 Å². The molecule has 1 saturated carbocycles. The predicted molar refractivity (Wildman–Crippen MR) is 116 cm³/mol. The SMILES string of the molecule is CC1=Nc2c(F)cc(-c3nc(N)ncc3Cl)cc2C12CCCC2.OC1CCCOC1. The third-order valence-corrected chi connectivity index (χ3v) is 6.46. The number of nitrogens with two attached hydrogens (primary N) is 1. The van der Waals surface area contributed by atoms with Crippen LogP contribution in [0.1, 0.15) is 51.0 Å². The van der Waals surface area contributed by atoms with Gasteiger partial charge in [0.1, 0.15) is 11.5 Å². The predicted octanol–water partition coefficient (Wildman–Crippen LogP) is 4.59. The van der Waals surface area contributed by atoms with Crippen LogP contribution in [0.25, 0.3) is 11.3 Å². The number of hydrogen-bond acceptors (Lipinski definition) is 6. The van der Waals surface area contributed by atoms with Crippen molar-refractivity contribution in [2.75, 3.05) is 18.9 Å². The molecule has 1 aliphatic carbocycles. The number of anilines is 1. The normalized spacial score (nSPS) is 21.7. The van der Waals surface area contributed by atoms with Gasteiger partial charge in [0.25, 0.3) is 0 Å². The lowest BCUT2D eigenvalue weighted by molar-refractivity contribution is -0.00535. The average Bonchev–Trinajstić information content (AvgIpc) is 3.33. The van der Waals surface area contributed by atoms with E-state index in [1.165, 1.54) is 12.3 Å². The second-order valence-corrected chi connectivity index (χ2v) is 8.54. The molecule has 1 aromatic heterocycles. The summed E-state index contributed by atoms with van der Waals surface area (Å²) in [5, 5.41) is 9.14. The molecule has 3 heterocycles. The van der Waals surface area contributed by atoms with Gasteiger partial charge in [-0.25, -0.2) is 14.4 Å². The average molecular weight is 433 g/mol. The quantitative estimate of drug-likeness (QED) is 0.687. The number of aliphatic imine (C=N–C) groups is 1. The Bertz CT molecular complexity index is 970. The Kier molecular flexibility index (Phi) is 6.04. The van der Waals surface area contributed by atoms with E-state index in [-0.39, 0.29) is 23.3 Å². The standard InChI is InChI=1S/C17H16ClFN4.C5H10O2/c1-9-17(4-2-3-5-17)11-6-10(7-13(19)15(11)22-9)14-12(18)8-21-16(20)23-14;6-5-2-1-3-7-4-5/h6-8H,2-5H2,1H3,(H2,20,21,23);5-6H,1-4H2. The molecule has 1 unspecified atom stereocenters. The minimum atomic E-state index is -0.339. The molecule has 160 valence electrons. The monoisotopic (exact) mass is 432 g/mol. The second-order valence-electron chi connectivity index (χ2n) is 8.14. The molecule has 2 aromatic rings. The number of nitrogens with zero attached hydrogens (tertiary/aromatic N) is 3. The van der Waals surface area contributed by atoms with Gasteiger partial charge in [-0.1, -0.05) is 24.4 Å². The van der Waals surface area contributed by atoms with Crippen LogP contribution >= 0.6 is 11.6 Å². The van der Waals surface area contributed by atoms with Crippen LogP contribution in [0.4, 0.5) is 16.0 Å². The lowest BCUT2D eigenvalue weighted by Crippen LogP contribution is -2.27. The third kappa shape index (κ3) is 3.94. The van der Waals surface area contributed by atoms with Crippen LogP contribution in [0.15, 0.2) is 23.3 Å². The first-order valence-corrected chi connectivity index (χ1v) is 10.7. The molecule has 1 spiro atoms. The summed E-state index contributed by atoms with van der Waals surface area (Å²) in [6, 6.07) is 3.40. The van der Waals surface area contributed by atoms with Crippen LogP contribution < -0.4 is 5.73 Å². The summed E-state index contributed by atoms with van der Waals surface area (Å²) >= 11 is 6.18. The molecule has 0 radical (unpaired) electrons. The zero-order chi connectivity index (χ0) is 21.3. The fourth-order valence-electron chi connectivity index (χ4n) is 4.60. The second kappa shape index (κ2) is 8.57. The zero-order valence-electron chi connectivity index (χ0n) is 17.0. The van der Waals surface area contributed by atoms with Crippen LogP contribution in [0.2, 0.25) is 5.02 Å². The summed E-state index contributed by atoms with van der Waals surface area (Å²) in [6.45, 7) is 3.37. The number of nitrogen functional groups attached to an aromatic ring is 1. The number of aliphatic hydroxyl groups is 1. The van der Waals surface area contributed by atoms with Gasteiger partial charge >= 0.3 is 0 Å². The highest BCUT2D eigenvalue weighted by Gasteiger charge is 2.44. The highest BCUT2D eigenvalue weighted by atomic mass is 35.5. The third-order valence-electron chi connectivity index (χ3n) is 6.18. The van der Waals surface area contributed by atoms with E-state index in [4.69, 9.17) is 27.2 Å². The maximum absolute atomic E-state index is 14.7. The van der Waals surface area contributed by atoms with Gasteiger partial charge < -0.3 is 15.6 Å². The van der Waals surface area contributed by atoms with E-state index < -0.39 is 0 Å². The molecule has 0 bridgehead atoms. The first-order valence-electron chi connectivity index (χ1n) is 10.3. The molecule has 1 aromatic carbocycles. The summed E-state index contributed by atoms with van der Waals surface area (Å²) in [5.41, 5.74) is 9.03. The van der Waals surface area contributed by atoms with Crippen molar-refractivity contribution in [3.8, 4) is 11.3 Å². The van der Waals surface area contributed by atoms with Gasteiger partial charge in [-0.15, -0.1) is 0 Å². The Balaban J connectivity index is 0.000000265. The molecule has 0 amide bonds. The Morgan fingerprint density at radius 3 is 2.67 bits per heavy atom. The molecule has 3 N–H and O–H groups in total. The van der Waals surface area contributed by atoms with Crippen molar-refractivity contribution in [2.45, 2.75) is 57.0 Å². The Morgan fingerprint density at radius 1 is 1.27 bits per heavy atom. The summed E-state index contributed by atoms with van der Waals surface area (Å²) < 4.78 is 19.6. The van der Waals surface area contributed by atoms with Gasteiger partial charge in [0.2, 0.25) is 5.95 Å². The maximum Gasteiger partial charge on any atom is 0.220 e. The van der Waals surface area contributed by atoms with E-state index >= 15 is 0 Å². The Hall–Kier alpha value is -2.09. The fraction of sp³-hybridized carbons (Fsp3) is 0.500. The molecule has 1 saturated heterocycles.